The molecule has 0 fully saturated rings. The molecule has 1 aromatic rings. The number of nitrogens with one attached hydrogen (secondary N) is 2. The Morgan fingerprint density at radius 1 is 1.53 bits per heavy atom. The van der Waals surface area contributed by atoms with Crippen molar-refractivity contribution in [2.24, 2.45) is 0 Å². The van der Waals surface area contributed by atoms with E-state index in [4.69, 9.17) is 16.7 Å². The number of rotatable bonds is 4. The molecule has 0 unspecified atom stereocenters. The standard InChI is InChI=1S/C11H13ClN2O4S/c1-6(5-15)14-19(17,18)10-2-7-3-11(16)13-9(7)4-8(10)12/h2,4,6,14-15H,3,5H2,1H3,(H,13,16)/t6-/m1/s1. The van der Waals surface area contributed by atoms with Crippen LogP contribution >= 0.6 is 11.6 Å². The maximum atomic E-state index is 12.1. The van der Waals surface area contributed by atoms with Crippen molar-refractivity contribution in [2.75, 3.05) is 11.9 Å². The third-order valence-electron chi connectivity index (χ3n) is 2.70. The minimum absolute atomic E-state index is 0.0265. The van der Waals surface area contributed by atoms with Gasteiger partial charge in [-0.05, 0) is 24.6 Å². The second-order valence-electron chi connectivity index (χ2n) is 4.37. The zero-order valence-corrected chi connectivity index (χ0v) is 11.7. The number of carbonyl (C=O) groups is 1. The molecule has 6 nitrogen and oxygen atoms in total. The Kier molecular flexibility index (Phi) is 3.82. The molecule has 0 spiro atoms. The first-order chi connectivity index (χ1) is 8.83. The number of carbonyl (C=O) groups excluding carboxylic acids is 1. The summed E-state index contributed by atoms with van der Waals surface area (Å²) in [4.78, 5) is 11.2. The molecule has 3 N–H and O–H groups in total. The van der Waals surface area contributed by atoms with Crippen molar-refractivity contribution < 1.29 is 18.3 Å². The molecule has 1 aliphatic rings. The number of aliphatic hydroxyl groups excluding tert-OH is 1. The molecule has 0 bridgehead atoms. The van der Waals surface area contributed by atoms with Gasteiger partial charge in [-0.15, -0.1) is 0 Å². The fourth-order valence-corrected chi connectivity index (χ4v) is 3.61. The van der Waals surface area contributed by atoms with E-state index in [1.54, 1.807) is 0 Å². The largest absolute Gasteiger partial charge is 0.395 e. The molecule has 0 radical (unpaired) electrons. The summed E-state index contributed by atoms with van der Waals surface area (Å²) < 4.78 is 26.5. The smallest absolute Gasteiger partial charge is 0.242 e. The van der Waals surface area contributed by atoms with Crippen LogP contribution in [0, 0.1) is 0 Å². The van der Waals surface area contributed by atoms with E-state index in [0.717, 1.165) is 0 Å². The Balaban J connectivity index is 2.41. The third-order valence-corrected chi connectivity index (χ3v) is 4.76. The molecule has 2 rings (SSSR count). The van der Waals surface area contributed by atoms with Crippen LogP contribution in [0.5, 0.6) is 0 Å². The SMILES string of the molecule is C[C@H](CO)NS(=O)(=O)c1cc2c(cc1Cl)NC(=O)C2. The summed E-state index contributed by atoms with van der Waals surface area (Å²) in [6, 6.07) is 2.18. The minimum Gasteiger partial charge on any atom is -0.395 e. The molecule has 8 heteroatoms. The molecule has 0 saturated carbocycles. The number of amides is 1. The Morgan fingerprint density at radius 3 is 2.84 bits per heavy atom. The van der Waals surface area contributed by atoms with Crippen molar-refractivity contribution in [1.29, 1.82) is 0 Å². The monoisotopic (exact) mass is 304 g/mol. The van der Waals surface area contributed by atoms with Crippen LogP contribution in [0.1, 0.15) is 12.5 Å². The highest BCUT2D eigenvalue weighted by Gasteiger charge is 2.25. The van der Waals surface area contributed by atoms with Crippen LogP contribution in [0.3, 0.4) is 0 Å². The number of aliphatic hydroxyl groups is 1. The van der Waals surface area contributed by atoms with Gasteiger partial charge in [0.2, 0.25) is 15.9 Å². The van der Waals surface area contributed by atoms with Crippen molar-refractivity contribution in [3.63, 3.8) is 0 Å². The molecule has 0 aromatic heterocycles. The van der Waals surface area contributed by atoms with Gasteiger partial charge >= 0.3 is 0 Å². The molecular formula is C11H13ClN2O4S. The van der Waals surface area contributed by atoms with Crippen molar-refractivity contribution in [3.8, 4) is 0 Å². The van der Waals surface area contributed by atoms with Gasteiger partial charge < -0.3 is 10.4 Å². The zero-order chi connectivity index (χ0) is 14.2. The van der Waals surface area contributed by atoms with E-state index >= 15 is 0 Å². The van der Waals surface area contributed by atoms with E-state index in [2.05, 4.69) is 10.0 Å². The van der Waals surface area contributed by atoms with Gasteiger partial charge in [-0.2, -0.15) is 0 Å². The molecule has 0 saturated heterocycles. The Labute approximate surface area is 115 Å². The fraction of sp³-hybridized carbons (Fsp3) is 0.364. The number of hydrogen-bond acceptors (Lipinski definition) is 4. The maximum Gasteiger partial charge on any atom is 0.242 e. The number of benzene rings is 1. The molecule has 19 heavy (non-hydrogen) atoms. The van der Waals surface area contributed by atoms with Crippen LogP contribution in [0.2, 0.25) is 5.02 Å². The maximum absolute atomic E-state index is 12.1. The molecule has 1 aromatic carbocycles. The molecule has 1 aliphatic heterocycles. The normalized spacial score (nSPS) is 16.1. The summed E-state index contributed by atoms with van der Waals surface area (Å²) in [6.07, 6.45) is 0.130. The summed E-state index contributed by atoms with van der Waals surface area (Å²) in [5.74, 6) is -0.197. The van der Waals surface area contributed by atoms with Gasteiger partial charge in [-0.25, -0.2) is 13.1 Å². The van der Waals surface area contributed by atoms with Gasteiger partial charge in [0.15, 0.2) is 0 Å². The van der Waals surface area contributed by atoms with Gasteiger partial charge in [0, 0.05) is 11.7 Å². The number of hydrogen-bond donors (Lipinski definition) is 3. The van der Waals surface area contributed by atoms with Crippen molar-refractivity contribution in [2.45, 2.75) is 24.3 Å². The highest BCUT2D eigenvalue weighted by Crippen LogP contribution is 2.32. The number of fused-ring (bicyclic) bond motifs is 1. The number of sulfonamides is 1. The zero-order valence-electron chi connectivity index (χ0n) is 10.1. The topological polar surface area (TPSA) is 95.5 Å². The predicted octanol–water partition coefficient (Wildman–Crippen LogP) is 0.494. The first-order valence-electron chi connectivity index (χ1n) is 5.59. The lowest BCUT2D eigenvalue weighted by Gasteiger charge is -2.13. The number of halogens is 1. The predicted molar refractivity (Wildman–Crippen MR) is 70.7 cm³/mol. The molecule has 1 heterocycles. The highest BCUT2D eigenvalue weighted by molar-refractivity contribution is 7.89. The van der Waals surface area contributed by atoms with E-state index in [1.807, 2.05) is 0 Å². The molecule has 1 atom stereocenters. The van der Waals surface area contributed by atoms with Crippen molar-refractivity contribution >= 4 is 33.2 Å². The van der Waals surface area contributed by atoms with Crippen LogP contribution in [0.25, 0.3) is 0 Å². The fourth-order valence-electron chi connectivity index (χ4n) is 1.80. The summed E-state index contributed by atoms with van der Waals surface area (Å²) in [5, 5.41) is 11.5. The van der Waals surface area contributed by atoms with Gasteiger partial charge in [-0.3, -0.25) is 4.79 Å². The first kappa shape index (κ1) is 14.3. The average molecular weight is 305 g/mol. The van der Waals surface area contributed by atoms with E-state index in [-0.39, 0.29) is 28.9 Å². The van der Waals surface area contributed by atoms with Crippen LogP contribution < -0.4 is 10.0 Å². The second kappa shape index (κ2) is 5.09. The lowest BCUT2D eigenvalue weighted by atomic mass is 10.2. The molecule has 1 amide bonds. The quantitative estimate of drug-likeness (QED) is 0.754. The summed E-state index contributed by atoms with van der Waals surface area (Å²) in [7, 11) is -3.82. The van der Waals surface area contributed by atoms with Gasteiger partial charge in [0.05, 0.1) is 18.1 Å². The summed E-state index contributed by atoms with van der Waals surface area (Å²) >= 11 is 5.93. The van der Waals surface area contributed by atoms with Gasteiger partial charge in [0.25, 0.3) is 0 Å². The Hall–Kier alpha value is -1.15. The van der Waals surface area contributed by atoms with Crippen LogP contribution in [0.15, 0.2) is 17.0 Å². The minimum atomic E-state index is -3.82. The Morgan fingerprint density at radius 2 is 2.21 bits per heavy atom. The molecular weight excluding hydrogens is 292 g/mol. The third kappa shape index (κ3) is 2.89. The summed E-state index contributed by atoms with van der Waals surface area (Å²) in [5.41, 5.74) is 1.12. The summed E-state index contributed by atoms with van der Waals surface area (Å²) in [6.45, 7) is 1.21. The van der Waals surface area contributed by atoms with Crippen LogP contribution in [0.4, 0.5) is 5.69 Å². The van der Waals surface area contributed by atoms with Gasteiger partial charge in [-0.1, -0.05) is 11.6 Å². The van der Waals surface area contributed by atoms with Crippen molar-refractivity contribution in [3.05, 3.63) is 22.7 Å². The van der Waals surface area contributed by atoms with E-state index in [9.17, 15) is 13.2 Å². The Bertz CT molecular complexity index is 630. The first-order valence-corrected chi connectivity index (χ1v) is 7.45. The van der Waals surface area contributed by atoms with Crippen molar-refractivity contribution in [1.82, 2.24) is 4.72 Å². The molecule has 0 aliphatic carbocycles. The number of anilines is 1. The lowest BCUT2D eigenvalue weighted by Crippen LogP contribution is -2.35. The van der Waals surface area contributed by atoms with E-state index < -0.39 is 16.1 Å². The molecule has 104 valence electrons. The second-order valence-corrected chi connectivity index (χ2v) is 6.46. The van der Waals surface area contributed by atoms with Gasteiger partial charge in [0.1, 0.15) is 4.90 Å². The lowest BCUT2D eigenvalue weighted by molar-refractivity contribution is -0.115. The van der Waals surface area contributed by atoms with Crippen LogP contribution in [-0.2, 0) is 21.2 Å². The van der Waals surface area contributed by atoms with Crippen LogP contribution in [-0.4, -0.2) is 32.1 Å². The van der Waals surface area contributed by atoms with E-state index in [0.29, 0.717) is 11.3 Å². The van der Waals surface area contributed by atoms with E-state index in [1.165, 1.54) is 19.1 Å². The highest BCUT2D eigenvalue weighted by atomic mass is 35.5. The average Bonchev–Trinajstić information content (AvgIpc) is 2.66.